The number of fused-ring (bicyclic) bond motifs is 1. The summed E-state index contributed by atoms with van der Waals surface area (Å²) in [5, 5.41) is 14.2. The van der Waals surface area contributed by atoms with Crippen LogP contribution in [0, 0.1) is 11.3 Å². The molecule has 0 saturated heterocycles. The predicted octanol–water partition coefficient (Wildman–Crippen LogP) is 2.29. The van der Waals surface area contributed by atoms with Crippen LogP contribution < -0.4 is 15.4 Å². The zero-order chi connectivity index (χ0) is 16.2. The molecule has 6 heteroatoms. The van der Waals surface area contributed by atoms with Gasteiger partial charge in [-0.2, -0.15) is 5.26 Å². The lowest BCUT2D eigenvalue weighted by molar-refractivity contribution is -0.128. The van der Waals surface area contributed by atoms with Gasteiger partial charge in [-0.05, 0) is 30.3 Å². The molecule has 1 aliphatic rings. The van der Waals surface area contributed by atoms with Crippen molar-refractivity contribution in [2.45, 2.75) is 12.5 Å². The highest BCUT2D eigenvalue weighted by atomic mass is 16.5. The molecule has 2 amide bonds. The van der Waals surface area contributed by atoms with E-state index in [9.17, 15) is 9.59 Å². The Morgan fingerprint density at radius 1 is 1.26 bits per heavy atom. The third-order valence-corrected chi connectivity index (χ3v) is 3.35. The molecule has 2 aromatic rings. The van der Waals surface area contributed by atoms with Gasteiger partial charge in [-0.15, -0.1) is 0 Å². The van der Waals surface area contributed by atoms with Gasteiger partial charge in [0.05, 0.1) is 23.7 Å². The molecule has 0 unspecified atom stereocenters. The van der Waals surface area contributed by atoms with Crippen LogP contribution in [0.3, 0.4) is 0 Å². The Bertz CT molecular complexity index is 811. The van der Waals surface area contributed by atoms with Gasteiger partial charge in [0.2, 0.25) is 5.91 Å². The van der Waals surface area contributed by atoms with E-state index in [0.717, 1.165) is 0 Å². The fraction of sp³-hybridized carbons (Fsp3) is 0.118. The number of benzene rings is 2. The SMILES string of the molecule is N#Cc1cccc(NC(=O)C[C@H]2Oc3ccccc3NC2=O)c1. The summed E-state index contributed by atoms with van der Waals surface area (Å²) in [6.07, 6.45) is -0.999. The Balaban J connectivity index is 1.66. The molecule has 23 heavy (non-hydrogen) atoms. The van der Waals surface area contributed by atoms with Gasteiger partial charge >= 0.3 is 0 Å². The number of hydrogen-bond donors (Lipinski definition) is 2. The molecule has 114 valence electrons. The summed E-state index contributed by atoms with van der Waals surface area (Å²) in [6, 6.07) is 15.6. The van der Waals surface area contributed by atoms with Gasteiger partial charge in [0.15, 0.2) is 6.10 Å². The first-order chi connectivity index (χ1) is 11.2. The first-order valence-corrected chi connectivity index (χ1v) is 7.02. The lowest BCUT2D eigenvalue weighted by atomic mass is 10.1. The molecule has 0 saturated carbocycles. The molecular formula is C17H13N3O3. The van der Waals surface area contributed by atoms with E-state index in [1.54, 1.807) is 48.5 Å². The van der Waals surface area contributed by atoms with Crippen LogP contribution in [0.2, 0.25) is 0 Å². The number of nitriles is 1. The second kappa shape index (κ2) is 6.20. The fourth-order valence-electron chi connectivity index (χ4n) is 2.27. The van der Waals surface area contributed by atoms with Crippen LogP contribution in [0.15, 0.2) is 48.5 Å². The van der Waals surface area contributed by atoms with Crippen molar-refractivity contribution in [2.24, 2.45) is 0 Å². The Kier molecular flexibility index (Phi) is 3.93. The molecule has 1 atom stereocenters. The maximum Gasteiger partial charge on any atom is 0.266 e. The molecule has 0 bridgehead atoms. The highest BCUT2D eigenvalue weighted by Gasteiger charge is 2.29. The zero-order valence-electron chi connectivity index (χ0n) is 12.1. The average molecular weight is 307 g/mol. The van der Waals surface area contributed by atoms with Crippen molar-refractivity contribution in [3.05, 3.63) is 54.1 Å². The Morgan fingerprint density at radius 2 is 2.09 bits per heavy atom. The average Bonchev–Trinajstić information content (AvgIpc) is 2.55. The molecule has 0 aromatic heterocycles. The molecule has 6 nitrogen and oxygen atoms in total. The van der Waals surface area contributed by atoms with Gasteiger partial charge in [0.25, 0.3) is 5.91 Å². The number of amides is 2. The fourth-order valence-corrected chi connectivity index (χ4v) is 2.27. The van der Waals surface area contributed by atoms with Crippen molar-refractivity contribution in [1.82, 2.24) is 0 Å². The lowest BCUT2D eigenvalue weighted by Gasteiger charge is -2.25. The maximum absolute atomic E-state index is 12.1. The number of hydrogen-bond acceptors (Lipinski definition) is 4. The molecule has 2 N–H and O–H groups in total. The van der Waals surface area contributed by atoms with E-state index in [2.05, 4.69) is 10.6 Å². The number of nitrogens with zero attached hydrogens (tertiary/aromatic N) is 1. The van der Waals surface area contributed by atoms with Gasteiger partial charge in [-0.3, -0.25) is 9.59 Å². The van der Waals surface area contributed by atoms with Crippen LogP contribution in [-0.2, 0) is 9.59 Å². The van der Waals surface area contributed by atoms with E-state index < -0.39 is 6.10 Å². The van der Waals surface area contributed by atoms with E-state index >= 15 is 0 Å². The van der Waals surface area contributed by atoms with Gasteiger partial charge in [-0.1, -0.05) is 18.2 Å². The largest absolute Gasteiger partial charge is 0.478 e. The highest BCUT2D eigenvalue weighted by molar-refractivity contribution is 6.01. The van der Waals surface area contributed by atoms with Crippen LogP contribution in [0.25, 0.3) is 0 Å². The third kappa shape index (κ3) is 3.30. The van der Waals surface area contributed by atoms with E-state index in [1.165, 1.54) is 0 Å². The minimum absolute atomic E-state index is 0.114. The van der Waals surface area contributed by atoms with Gasteiger partial charge in [0, 0.05) is 5.69 Å². The molecule has 1 aliphatic heterocycles. The van der Waals surface area contributed by atoms with E-state index in [4.69, 9.17) is 10.00 Å². The van der Waals surface area contributed by atoms with Gasteiger partial charge in [-0.25, -0.2) is 0 Å². The number of para-hydroxylation sites is 2. The number of carbonyl (C=O) groups excluding carboxylic acids is 2. The molecule has 3 rings (SSSR count). The van der Waals surface area contributed by atoms with Crippen LogP contribution >= 0.6 is 0 Å². The second-order valence-corrected chi connectivity index (χ2v) is 5.04. The highest BCUT2D eigenvalue weighted by Crippen LogP contribution is 2.29. The number of rotatable bonds is 3. The first kappa shape index (κ1) is 14.6. The normalized spacial score (nSPS) is 15.6. The number of ether oxygens (including phenoxy) is 1. The Hall–Kier alpha value is -3.33. The zero-order valence-corrected chi connectivity index (χ0v) is 12.1. The standard InChI is InChI=1S/C17H13N3O3/c18-10-11-4-3-5-12(8-11)19-16(21)9-15-17(22)20-13-6-1-2-7-14(13)23-15/h1-8,15H,9H2,(H,19,21)(H,20,22)/t15-/m1/s1. The summed E-state index contributed by atoms with van der Waals surface area (Å²) >= 11 is 0. The maximum atomic E-state index is 12.1. The van der Waals surface area contributed by atoms with Crippen LogP contribution in [-0.4, -0.2) is 17.9 Å². The molecular weight excluding hydrogens is 294 g/mol. The molecule has 1 heterocycles. The molecule has 0 spiro atoms. The van der Waals surface area contributed by atoms with Crippen LogP contribution in [0.1, 0.15) is 12.0 Å². The van der Waals surface area contributed by atoms with Crippen molar-refractivity contribution < 1.29 is 14.3 Å². The third-order valence-electron chi connectivity index (χ3n) is 3.35. The van der Waals surface area contributed by atoms with Crippen molar-refractivity contribution >= 4 is 23.2 Å². The summed E-state index contributed by atoms with van der Waals surface area (Å²) in [5.74, 6) is -0.180. The number of anilines is 2. The monoisotopic (exact) mass is 307 g/mol. The van der Waals surface area contributed by atoms with Crippen molar-refractivity contribution in [1.29, 1.82) is 5.26 Å². The second-order valence-electron chi connectivity index (χ2n) is 5.04. The molecule has 0 fully saturated rings. The Labute approximate surface area is 132 Å². The minimum atomic E-state index is -0.885. The van der Waals surface area contributed by atoms with Crippen LogP contribution in [0.4, 0.5) is 11.4 Å². The molecule has 2 aromatic carbocycles. The van der Waals surface area contributed by atoms with Crippen molar-refractivity contribution in [2.75, 3.05) is 10.6 Å². The first-order valence-electron chi connectivity index (χ1n) is 7.02. The van der Waals surface area contributed by atoms with Crippen LogP contribution in [0.5, 0.6) is 5.75 Å². The topological polar surface area (TPSA) is 91.2 Å². The lowest BCUT2D eigenvalue weighted by Crippen LogP contribution is -2.39. The van der Waals surface area contributed by atoms with Crippen molar-refractivity contribution in [3.63, 3.8) is 0 Å². The number of nitrogens with one attached hydrogen (secondary N) is 2. The summed E-state index contributed by atoms with van der Waals surface area (Å²) in [4.78, 5) is 24.1. The quantitative estimate of drug-likeness (QED) is 0.910. The molecule has 0 aliphatic carbocycles. The summed E-state index contributed by atoms with van der Waals surface area (Å²) in [6.45, 7) is 0. The van der Waals surface area contributed by atoms with Gasteiger partial charge in [0.1, 0.15) is 5.75 Å². The summed E-state index contributed by atoms with van der Waals surface area (Å²) in [5.41, 5.74) is 1.55. The van der Waals surface area contributed by atoms with E-state index in [1.807, 2.05) is 6.07 Å². The molecule has 0 radical (unpaired) electrons. The summed E-state index contributed by atoms with van der Waals surface area (Å²) < 4.78 is 5.57. The smallest absolute Gasteiger partial charge is 0.266 e. The minimum Gasteiger partial charge on any atom is -0.478 e. The predicted molar refractivity (Wildman–Crippen MR) is 83.9 cm³/mol. The van der Waals surface area contributed by atoms with E-state index in [0.29, 0.717) is 22.7 Å². The summed E-state index contributed by atoms with van der Waals surface area (Å²) in [7, 11) is 0. The Morgan fingerprint density at radius 3 is 2.91 bits per heavy atom. The van der Waals surface area contributed by atoms with Gasteiger partial charge < -0.3 is 15.4 Å². The number of carbonyl (C=O) groups is 2. The van der Waals surface area contributed by atoms with E-state index in [-0.39, 0.29) is 18.2 Å². The van der Waals surface area contributed by atoms with Crippen molar-refractivity contribution in [3.8, 4) is 11.8 Å².